The van der Waals surface area contributed by atoms with E-state index in [1.165, 1.54) is 24.3 Å². The second-order valence-electron chi connectivity index (χ2n) is 8.21. The molecule has 12 heteroatoms. The Morgan fingerprint density at radius 2 is 1.87 bits per heavy atom. The van der Waals surface area contributed by atoms with E-state index in [0.717, 1.165) is 10.5 Å². The molecule has 1 fully saturated rings. The Kier molecular flexibility index (Phi) is 9.11. The minimum atomic E-state index is -0.777. The maximum Gasteiger partial charge on any atom is 0.329 e. The van der Waals surface area contributed by atoms with Crippen LogP contribution >= 0.6 is 39.1 Å². The lowest BCUT2D eigenvalue weighted by Crippen LogP contribution is -2.38. The molecule has 0 bridgehead atoms. The third-order valence-electron chi connectivity index (χ3n) is 5.42. The van der Waals surface area contributed by atoms with Crippen LogP contribution in [0.1, 0.15) is 18.1 Å². The van der Waals surface area contributed by atoms with Gasteiger partial charge in [-0.05, 0) is 76.5 Å². The van der Waals surface area contributed by atoms with Gasteiger partial charge in [0.2, 0.25) is 5.91 Å². The van der Waals surface area contributed by atoms with Gasteiger partial charge in [0.15, 0.2) is 11.5 Å². The monoisotopic (exact) mass is 635 g/mol. The minimum Gasteiger partial charge on any atom is -0.490 e. The fraction of sp³-hybridized carbons (Fsp3) is 0.148. The first-order valence-electron chi connectivity index (χ1n) is 11.6. The van der Waals surface area contributed by atoms with Crippen LogP contribution in [0.15, 0.2) is 64.8 Å². The summed E-state index contributed by atoms with van der Waals surface area (Å²) >= 11 is 15.5. The van der Waals surface area contributed by atoms with Crippen molar-refractivity contribution in [2.24, 2.45) is 0 Å². The highest BCUT2D eigenvalue weighted by atomic mass is 79.9. The first kappa shape index (κ1) is 28.4. The molecule has 0 aromatic heterocycles. The number of carbonyl (C=O) groups excluding carboxylic acids is 3. The van der Waals surface area contributed by atoms with Gasteiger partial charge in [-0.25, -0.2) is 14.1 Å². The van der Waals surface area contributed by atoms with E-state index in [4.69, 9.17) is 32.7 Å². The van der Waals surface area contributed by atoms with Crippen LogP contribution in [0.5, 0.6) is 11.5 Å². The Balaban J connectivity index is 1.50. The van der Waals surface area contributed by atoms with E-state index in [2.05, 4.69) is 26.6 Å². The first-order chi connectivity index (χ1) is 18.7. The van der Waals surface area contributed by atoms with Crippen molar-refractivity contribution in [1.29, 1.82) is 0 Å². The molecule has 39 heavy (non-hydrogen) atoms. The number of hydrogen-bond donors (Lipinski definition) is 2. The third-order valence-corrected chi connectivity index (χ3v) is 6.75. The van der Waals surface area contributed by atoms with Crippen molar-refractivity contribution in [1.82, 2.24) is 10.2 Å². The highest BCUT2D eigenvalue weighted by Gasteiger charge is 2.35. The van der Waals surface area contributed by atoms with E-state index in [9.17, 15) is 18.8 Å². The number of rotatable bonds is 9. The molecule has 1 aliphatic rings. The van der Waals surface area contributed by atoms with Crippen molar-refractivity contribution in [2.45, 2.75) is 13.5 Å². The van der Waals surface area contributed by atoms with Gasteiger partial charge in [-0.2, -0.15) is 0 Å². The van der Waals surface area contributed by atoms with Crippen LogP contribution in [0, 0.1) is 5.82 Å². The number of benzene rings is 3. The van der Waals surface area contributed by atoms with E-state index in [1.54, 1.807) is 36.4 Å². The van der Waals surface area contributed by atoms with Crippen LogP contribution in [0.25, 0.3) is 6.08 Å². The second-order valence-corrected chi connectivity index (χ2v) is 9.88. The topological polar surface area (TPSA) is 97.0 Å². The summed E-state index contributed by atoms with van der Waals surface area (Å²) in [6, 6.07) is 13.3. The van der Waals surface area contributed by atoms with Crippen molar-refractivity contribution in [3.8, 4) is 11.5 Å². The molecule has 0 aliphatic carbocycles. The summed E-state index contributed by atoms with van der Waals surface area (Å²) in [4.78, 5) is 38.4. The summed E-state index contributed by atoms with van der Waals surface area (Å²) in [7, 11) is 0. The number of amides is 4. The van der Waals surface area contributed by atoms with Gasteiger partial charge in [0, 0.05) is 0 Å². The molecule has 3 aromatic rings. The molecular formula is C27H21BrCl2FN3O5. The number of nitrogens with zero attached hydrogens (tertiary/aromatic N) is 1. The molecule has 0 atom stereocenters. The van der Waals surface area contributed by atoms with Gasteiger partial charge in [-0.3, -0.25) is 9.59 Å². The lowest BCUT2D eigenvalue weighted by molar-refractivity contribution is -0.127. The normalized spacial score (nSPS) is 14.0. The number of anilines is 1. The van der Waals surface area contributed by atoms with Crippen LogP contribution in [-0.2, 0) is 16.2 Å². The highest BCUT2D eigenvalue weighted by molar-refractivity contribution is 9.10. The summed E-state index contributed by atoms with van der Waals surface area (Å²) in [6.07, 6.45) is 1.45. The van der Waals surface area contributed by atoms with Crippen molar-refractivity contribution in [3.05, 3.63) is 91.8 Å². The molecule has 1 saturated heterocycles. The molecule has 0 saturated carbocycles. The lowest BCUT2D eigenvalue weighted by atomic mass is 10.1. The molecule has 4 rings (SSSR count). The third kappa shape index (κ3) is 6.89. The Labute approximate surface area is 241 Å². The molecular weight excluding hydrogens is 616 g/mol. The van der Waals surface area contributed by atoms with E-state index < -0.39 is 30.2 Å². The molecule has 3 aromatic carbocycles. The summed E-state index contributed by atoms with van der Waals surface area (Å²) in [6.45, 7) is 1.75. The number of carbonyl (C=O) groups is 3. The summed E-state index contributed by atoms with van der Waals surface area (Å²) in [5.41, 5.74) is 1.22. The molecule has 0 spiro atoms. The molecule has 1 aliphatic heterocycles. The zero-order valence-electron chi connectivity index (χ0n) is 20.4. The number of nitrogens with one attached hydrogen (secondary N) is 2. The Bertz CT molecular complexity index is 1480. The smallest absolute Gasteiger partial charge is 0.329 e. The maximum absolute atomic E-state index is 13.8. The standard InChI is InChI=1S/C27H21BrCl2FN3O5/c1-2-38-23-12-16(9-17(28)25(23)39-14-15-7-8-18(29)19(30)10-15)11-22-26(36)34(27(37)33-22)13-24(35)32-21-6-4-3-5-20(21)31/h3-12H,2,13-14H2,1H3,(H,32,35)(H,33,37)/b22-11+. The van der Waals surface area contributed by atoms with Crippen LogP contribution in [0.4, 0.5) is 14.9 Å². The van der Waals surface area contributed by atoms with Gasteiger partial charge in [0.05, 0.1) is 26.8 Å². The number of hydrogen-bond acceptors (Lipinski definition) is 5. The van der Waals surface area contributed by atoms with Crippen molar-refractivity contribution < 1.29 is 28.2 Å². The summed E-state index contributed by atoms with van der Waals surface area (Å²) in [5.74, 6) is -1.24. The average Bonchev–Trinajstić information content (AvgIpc) is 3.14. The van der Waals surface area contributed by atoms with Crippen LogP contribution in [0.2, 0.25) is 10.0 Å². The van der Waals surface area contributed by atoms with E-state index in [-0.39, 0.29) is 18.0 Å². The van der Waals surface area contributed by atoms with Crippen molar-refractivity contribution >= 4 is 68.7 Å². The van der Waals surface area contributed by atoms with Gasteiger partial charge < -0.3 is 20.1 Å². The Morgan fingerprint density at radius 1 is 1.10 bits per heavy atom. The van der Waals surface area contributed by atoms with E-state index >= 15 is 0 Å². The Hall–Kier alpha value is -3.60. The molecule has 202 valence electrons. The van der Waals surface area contributed by atoms with Gasteiger partial charge >= 0.3 is 6.03 Å². The zero-order valence-corrected chi connectivity index (χ0v) is 23.5. The summed E-state index contributed by atoms with van der Waals surface area (Å²) < 4.78 is 26.1. The largest absolute Gasteiger partial charge is 0.490 e. The molecule has 0 radical (unpaired) electrons. The highest BCUT2D eigenvalue weighted by Crippen LogP contribution is 2.38. The van der Waals surface area contributed by atoms with E-state index in [0.29, 0.717) is 38.2 Å². The summed E-state index contributed by atoms with van der Waals surface area (Å²) in [5, 5.41) is 5.65. The molecule has 4 amide bonds. The number of para-hydroxylation sites is 1. The van der Waals surface area contributed by atoms with Crippen molar-refractivity contribution in [2.75, 3.05) is 18.5 Å². The number of imide groups is 1. The van der Waals surface area contributed by atoms with Crippen LogP contribution in [-0.4, -0.2) is 35.9 Å². The number of ether oxygens (including phenoxy) is 2. The SMILES string of the molecule is CCOc1cc(/C=C2/NC(=O)N(CC(=O)Nc3ccccc3F)C2=O)cc(Br)c1OCc1ccc(Cl)c(Cl)c1. The van der Waals surface area contributed by atoms with Crippen molar-refractivity contribution in [3.63, 3.8) is 0 Å². The fourth-order valence-corrected chi connectivity index (χ4v) is 4.53. The zero-order chi connectivity index (χ0) is 28.1. The number of urea groups is 1. The average molecular weight is 637 g/mol. The van der Waals surface area contributed by atoms with E-state index in [1.807, 2.05) is 6.92 Å². The maximum atomic E-state index is 13.8. The first-order valence-corrected chi connectivity index (χ1v) is 13.1. The fourth-order valence-electron chi connectivity index (χ4n) is 3.64. The van der Waals surface area contributed by atoms with Crippen LogP contribution < -0.4 is 20.1 Å². The second kappa shape index (κ2) is 12.5. The van der Waals surface area contributed by atoms with Gasteiger partial charge in [0.1, 0.15) is 24.7 Å². The molecule has 8 nitrogen and oxygen atoms in total. The van der Waals surface area contributed by atoms with Gasteiger partial charge in [-0.15, -0.1) is 0 Å². The van der Waals surface area contributed by atoms with Crippen LogP contribution in [0.3, 0.4) is 0 Å². The quantitative estimate of drug-likeness (QED) is 0.209. The lowest BCUT2D eigenvalue weighted by Gasteiger charge is -2.15. The Morgan fingerprint density at radius 3 is 2.59 bits per heavy atom. The predicted molar refractivity (Wildman–Crippen MR) is 149 cm³/mol. The van der Waals surface area contributed by atoms with Gasteiger partial charge in [0.25, 0.3) is 5.91 Å². The minimum absolute atomic E-state index is 0.0440. The molecule has 2 N–H and O–H groups in total. The molecule has 1 heterocycles. The predicted octanol–water partition coefficient (Wildman–Crippen LogP) is 6.40. The number of halogens is 4. The van der Waals surface area contributed by atoms with Gasteiger partial charge in [-0.1, -0.05) is 41.4 Å². The molecule has 0 unspecified atom stereocenters.